The van der Waals surface area contributed by atoms with Crippen LogP contribution in [0.4, 0.5) is 5.69 Å². The maximum Gasteiger partial charge on any atom is 0.174 e. The predicted octanol–water partition coefficient (Wildman–Crippen LogP) is 4.21. The smallest absolute Gasteiger partial charge is 0.174 e. The molecule has 1 aromatic carbocycles. The van der Waals surface area contributed by atoms with Gasteiger partial charge in [-0.25, -0.2) is 4.98 Å². The molecule has 2 aromatic rings. The van der Waals surface area contributed by atoms with Crippen LogP contribution in [0.3, 0.4) is 0 Å². The van der Waals surface area contributed by atoms with Crippen LogP contribution in [0.5, 0.6) is 0 Å². The first-order valence-corrected chi connectivity index (χ1v) is 9.30. The van der Waals surface area contributed by atoms with Gasteiger partial charge in [0.1, 0.15) is 5.01 Å². The van der Waals surface area contributed by atoms with E-state index in [4.69, 9.17) is 11.6 Å². The van der Waals surface area contributed by atoms with Crippen molar-refractivity contribution in [2.45, 2.75) is 31.1 Å². The number of anilines is 1. The molecule has 0 radical (unpaired) electrons. The van der Waals surface area contributed by atoms with Crippen LogP contribution in [-0.4, -0.2) is 29.2 Å². The number of carbonyl (C=O) groups is 1. The lowest BCUT2D eigenvalue weighted by atomic mass is 10.0. The van der Waals surface area contributed by atoms with E-state index in [2.05, 4.69) is 22.0 Å². The van der Waals surface area contributed by atoms with Gasteiger partial charge >= 0.3 is 0 Å². The number of nitriles is 1. The average molecular weight is 360 g/mol. The fraction of sp³-hybridized carbons (Fsp3) is 0.389. The summed E-state index contributed by atoms with van der Waals surface area (Å²) in [6.07, 6.45) is 2.50. The minimum Gasteiger partial charge on any atom is -0.372 e. The molecule has 0 saturated carbocycles. The third-order valence-corrected chi connectivity index (χ3v) is 5.33. The van der Waals surface area contributed by atoms with E-state index in [1.54, 1.807) is 6.92 Å². The van der Waals surface area contributed by atoms with Crippen molar-refractivity contribution in [1.29, 1.82) is 5.26 Å². The molecule has 2 unspecified atom stereocenters. The van der Waals surface area contributed by atoms with Crippen molar-refractivity contribution in [3.63, 3.8) is 0 Å². The van der Waals surface area contributed by atoms with Crippen LogP contribution < -0.4 is 4.90 Å². The Morgan fingerprint density at radius 2 is 2.00 bits per heavy atom. The molecule has 1 saturated heterocycles. The minimum atomic E-state index is -0.889. The van der Waals surface area contributed by atoms with E-state index in [9.17, 15) is 10.1 Å². The van der Waals surface area contributed by atoms with Crippen LogP contribution in [-0.2, 0) is 4.79 Å². The van der Waals surface area contributed by atoms with E-state index in [0.29, 0.717) is 5.01 Å². The highest BCUT2D eigenvalue weighted by molar-refractivity contribution is 7.10. The summed E-state index contributed by atoms with van der Waals surface area (Å²) < 4.78 is 0. The highest BCUT2D eigenvalue weighted by Gasteiger charge is 2.27. The number of benzene rings is 1. The SMILES string of the molecule is CC(Cl)C(=O)C(C#N)c1nc(-c2ccc(N3CCCC3)cc2)cs1. The third kappa shape index (κ3) is 3.45. The molecule has 0 N–H and O–H groups in total. The molecule has 1 aromatic heterocycles. The van der Waals surface area contributed by atoms with Gasteiger partial charge in [0.25, 0.3) is 0 Å². The highest BCUT2D eigenvalue weighted by atomic mass is 35.5. The molecule has 3 rings (SSSR count). The number of Topliss-reactive ketones (excluding diaryl/α,β-unsaturated/α-hetero) is 1. The first-order chi connectivity index (χ1) is 11.6. The largest absolute Gasteiger partial charge is 0.372 e. The van der Waals surface area contributed by atoms with Gasteiger partial charge < -0.3 is 4.90 Å². The van der Waals surface area contributed by atoms with Crippen molar-refractivity contribution in [2.24, 2.45) is 0 Å². The van der Waals surface area contributed by atoms with Crippen LogP contribution in [0.25, 0.3) is 11.3 Å². The Morgan fingerprint density at radius 1 is 1.33 bits per heavy atom. The monoisotopic (exact) mass is 359 g/mol. The molecule has 0 bridgehead atoms. The highest BCUT2D eigenvalue weighted by Crippen LogP contribution is 2.30. The van der Waals surface area contributed by atoms with Gasteiger partial charge in [-0.15, -0.1) is 22.9 Å². The lowest BCUT2D eigenvalue weighted by Gasteiger charge is -2.17. The Hall–Kier alpha value is -1.90. The van der Waals surface area contributed by atoms with Crippen molar-refractivity contribution < 1.29 is 4.79 Å². The maximum absolute atomic E-state index is 12.0. The first-order valence-electron chi connectivity index (χ1n) is 7.98. The second-order valence-corrected chi connectivity index (χ2v) is 7.44. The number of nitrogens with zero attached hydrogens (tertiary/aromatic N) is 3. The van der Waals surface area contributed by atoms with Gasteiger partial charge in [0.15, 0.2) is 11.7 Å². The van der Waals surface area contributed by atoms with Crippen LogP contribution in [0.15, 0.2) is 29.6 Å². The molecule has 4 nitrogen and oxygen atoms in total. The second-order valence-electron chi connectivity index (χ2n) is 5.89. The third-order valence-electron chi connectivity index (χ3n) is 4.21. The summed E-state index contributed by atoms with van der Waals surface area (Å²) in [5.74, 6) is -1.19. The summed E-state index contributed by atoms with van der Waals surface area (Å²) in [7, 11) is 0. The fourth-order valence-corrected chi connectivity index (χ4v) is 3.84. The number of hydrogen-bond acceptors (Lipinski definition) is 5. The minimum absolute atomic E-state index is 0.301. The summed E-state index contributed by atoms with van der Waals surface area (Å²) >= 11 is 7.16. The topological polar surface area (TPSA) is 57.0 Å². The van der Waals surface area contributed by atoms with E-state index >= 15 is 0 Å². The number of halogens is 1. The van der Waals surface area contributed by atoms with Gasteiger partial charge in [-0.05, 0) is 31.9 Å². The van der Waals surface area contributed by atoms with Gasteiger partial charge in [0, 0.05) is 29.7 Å². The van der Waals surface area contributed by atoms with Gasteiger partial charge in [-0.1, -0.05) is 12.1 Å². The Kier molecular flexibility index (Phi) is 5.17. The van der Waals surface area contributed by atoms with E-state index in [1.807, 2.05) is 23.6 Å². The number of thiazole rings is 1. The van der Waals surface area contributed by atoms with E-state index in [1.165, 1.54) is 29.9 Å². The molecule has 1 aliphatic heterocycles. The van der Waals surface area contributed by atoms with Gasteiger partial charge in [0.2, 0.25) is 0 Å². The zero-order valence-corrected chi connectivity index (χ0v) is 15.0. The van der Waals surface area contributed by atoms with Crippen molar-refractivity contribution in [2.75, 3.05) is 18.0 Å². The summed E-state index contributed by atoms with van der Waals surface area (Å²) in [6.45, 7) is 3.81. The first kappa shape index (κ1) is 16.9. The lowest BCUT2D eigenvalue weighted by Crippen LogP contribution is -2.18. The molecule has 0 aliphatic carbocycles. The van der Waals surface area contributed by atoms with E-state index in [0.717, 1.165) is 24.3 Å². The second kappa shape index (κ2) is 7.33. The molecule has 0 spiro atoms. The van der Waals surface area contributed by atoms with Crippen LogP contribution in [0.1, 0.15) is 30.7 Å². The number of hydrogen-bond donors (Lipinski definition) is 0. The standard InChI is InChI=1S/C18H18ClN3OS/c1-12(19)17(23)15(10-20)18-21-16(11-24-18)13-4-6-14(7-5-13)22-8-2-3-9-22/h4-7,11-12,15H,2-3,8-9H2,1H3. The normalized spacial score (nSPS) is 16.6. The molecule has 6 heteroatoms. The Balaban J connectivity index is 1.80. The predicted molar refractivity (Wildman–Crippen MR) is 97.7 cm³/mol. The fourth-order valence-electron chi connectivity index (χ4n) is 2.84. The maximum atomic E-state index is 12.0. The average Bonchev–Trinajstić information content (AvgIpc) is 3.27. The molecule has 2 heterocycles. The molecule has 24 heavy (non-hydrogen) atoms. The summed E-state index contributed by atoms with van der Waals surface area (Å²) in [5.41, 5.74) is 3.01. The molecular weight excluding hydrogens is 342 g/mol. The Labute approximate surface area is 150 Å². The van der Waals surface area contributed by atoms with Crippen molar-refractivity contribution >= 4 is 34.4 Å². The Morgan fingerprint density at radius 3 is 2.58 bits per heavy atom. The van der Waals surface area contributed by atoms with E-state index < -0.39 is 11.3 Å². The number of aromatic nitrogens is 1. The summed E-state index contributed by atoms with van der Waals surface area (Å²) in [6, 6.07) is 10.3. The zero-order chi connectivity index (χ0) is 17.1. The van der Waals surface area contributed by atoms with Crippen molar-refractivity contribution in [1.82, 2.24) is 4.98 Å². The van der Waals surface area contributed by atoms with E-state index in [-0.39, 0.29) is 5.78 Å². The number of carbonyl (C=O) groups excluding carboxylic acids is 1. The Bertz CT molecular complexity index is 757. The molecule has 1 fully saturated rings. The molecule has 0 amide bonds. The quantitative estimate of drug-likeness (QED) is 0.750. The van der Waals surface area contributed by atoms with Crippen LogP contribution in [0, 0.1) is 11.3 Å². The number of ketones is 1. The van der Waals surface area contributed by atoms with Gasteiger partial charge in [-0.3, -0.25) is 4.79 Å². The van der Waals surface area contributed by atoms with Gasteiger partial charge in [-0.2, -0.15) is 5.26 Å². The molecule has 1 aliphatic rings. The lowest BCUT2D eigenvalue weighted by molar-refractivity contribution is -0.118. The molecule has 124 valence electrons. The molecule has 2 atom stereocenters. The number of alkyl halides is 1. The zero-order valence-electron chi connectivity index (χ0n) is 13.4. The summed E-state index contributed by atoms with van der Waals surface area (Å²) in [4.78, 5) is 18.9. The molecular formula is C18H18ClN3OS. The van der Waals surface area contributed by atoms with Crippen LogP contribution >= 0.6 is 22.9 Å². The van der Waals surface area contributed by atoms with Gasteiger partial charge in [0.05, 0.1) is 17.1 Å². The van der Waals surface area contributed by atoms with Crippen LogP contribution in [0.2, 0.25) is 0 Å². The van der Waals surface area contributed by atoms with Crippen molar-refractivity contribution in [3.8, 4) is 17.3 Å². The number of rotatable bonds is 5. The summed E-state index contributed by atoms with van der Waals surface area (Å²) in [5, 5.41) is 11.0. The van der Waals surface area contributed by atoms with Crippen molar-refractivity contribution in [3.05, 3.63) is 34.7 Å².